The number of likely N-dealkylation sites (N-methyl/N-ethyl adjacent to an activating group) is 1. The Labute approximate surface area is 148 Å². The van der Waals surface area contributed by atoms with E-state index in [4.69, 9.17) is 0 Å². The number of aliphatic hydroxyl groups is 1. The number of benzene rings is 1. The van der Waals surface area contributed by atoms with E-state index in [0.29, 0.717) is 34.7 Å². The Morgan fingerprint density at radius 2 is 2.12 bits per heavy atom. The largest absolute Gasteiger partial charge is 0.375 e. The lowest BCUT2D eigenvalue weighted by Gasteiger charge is -2.22. The number of ketones is 1. The standard InChI is InChI=1S/C17H18BrN3O3/c1-4-21-13-6-5-11(18)7-12(13)17(24,16(21)23)8-14(22)15-9(2)19-20-10(15)3/h5-7,24H,4,8H2,1-3H3,(H,19,20)/t17-/m0/s1. The molecule has 6 nitrogen and oxygen atoms in total. The molecule has 2 N–H and O–H groups in total. The van der Waals surface area contributed by atoms with Crippen LogP contribution in [-0.2, 0) is 10.4 Å². The molecule has 1 aromatic carbocycles. The van der Waals surface area contributed by atoms with E-state index >= 15 is 0 Å². The van der Waals surface area contributed by atoms with Crippen LogP contribution in [0.25, 0.3) is 0 Å². The van der Waals surface area contributed by atoms with E-state index < -0.39 is 11.5 Å². The molecule has 0 unspecified atom stereocenters. The van der Waals surface area contributed by atoms with E-state index in [-0.39, 0.29) is 12.2 Å². The van der Waals surface area contributed by atoms with Gasteiger partial charge in [0.15, 0.2) is 11.4 Å². The quantitative estimate of drug-likeness (QED) is 0.784. The van der Waals surface area contributed by atoms with E-state index in [2.05, 4.69) is 26.1 Å². The number of aromatic amines is 1. The number of amides is 1. The maximum absolute atomic E-state index is 12.8. The Morgan fingerprint density at radius 3 is 2.71 bits per heavy atom. The molecule has 1 atom stereocenters. The van der Waals surface area contributed by atoms with Crippen LogP contribution >= 0.6 is 15.9 Å². The van der Waals surface area contributed by atoms with Gasteiger partial charge in [-0.05, 0) is 39.0 Å². The molecule has 7 heteroatoms. The van der Waals surface area contributed by atoms with E-state index in [1.54, 1.807) is 26.0 Å². The highest BCUT2D eigenvalue weighted by atomic mass is 79.9. The smallest absolute Gasteiger partial charge is 0.264 e. The molecule has 1 amide bonds. The predicted octanol–water partition coefficient (Wildman–Crippen LogP) is 2.62. The average Bonchev–Trinajstić information content (AvgIpc) is 2.96. The number of aromatic nitrogens is 2. The molecule has 2 aromatic rings. The summed E-state index contributed by atoms with van der Waals surface area (Å²) < 4.78 is 0.744. The van der Waals surface area contributed by atoms with Gasteiger partial charge < -0.3 is 10.0 Å². The van der Waals surface area contributed by atoms with Crippen molar-refractivity contribution in [2.24, 2.45) is 0 Å². The molecule has 3 rings (SSSR count). The lowest BCUT2D eigenvalue weighted by atomic mass is 9.87. The van der Waals surface area contributed by atoms with Crippen molar-refractivity contribution in [1.29, 1.82) is 0 Å². The van der Waals surface area contributed by atoms with Gasteiger partial charge in [-0.25, -0.2) is 0 Å². The third-order valence-corrected chi connectivity index (χ3v) is 4.93. The number of aryl methyl sites for hydroxylation is 2. The van der Waals surface area contributed by atoms with Crippen molar-refractivity contribution in [3.63, 3.8) is 0 Å². The minimum Gasteiger partial charge on any atom is -0.375 e. The topological polar surface area (TPSA) is 86.3 Å². The van der Waals surface area contributed by atoms with Gasteiger partial charge in [0.2, 0.25) is 0 Å². The molecule has 126 valence electrons. The lowest BCUT2D eigenvalue weighted by Crippen LogP contribution is -2.41. The molecular weight excluding hydrogens is 374 g/mol. The van der Waals surface area contributed by atoms with Gasteiger partial charge in [-0.1, -0.05) is 15.9 Å². The summed E-state index contributed by atoms with van der Waals surface area (Å²) in [6.45, 7) is 5.73. The number of nitrogens with one attached hydrogen (secondary N) is 1. The van der Waals surface area contributed by atoms with Crippen molar-refractivity contribution < 1.29 is 14.7 Å². The summed E-state index contributed by atoms with van der Waals surface area (Å²) in [5.74, 6) is -0.774. The summed E-state index contributed by atoms with van der Waals surface area (Å²) in [6, 6.07) is 5.29. The van der Waals surface area contributed by atoms with Crippen LogP contribution < -0.4 is 4.90 Å². The number of nitrogens with zero attached hydrogens (tertiary/aromatic N) is 2. The third-order valence-electron chi connectivity index (χ3n) is 4.43. The molecule has 0 aliphatic carbocycles. The molecule has 1 aliphatic heterocycles. The van der Waals surface area contributed by atoms with Crippen molar-refractivity contribution in [2.45, 2.75) is 32.8 Å². The first-order valence-corrected chi connectivity index (χ1v) is 8.48. The van der Waals surface area contributed by atoms with Gasteiger partial charge >= 0.3 is 0 Å². The zero-order valence-electron chi connectivity index (χ0n) is 13.7. The Hall–Kier alpha value is -1.99. The van der Waals surface area contributed by atoms with Crippen molar-refractivity contribution in [2.75, 3.05) is 11.4 Å². The predicted molar refractivity (Wildman–Crippen MR) is 93.1 cm³/mol. The highest BCUT2D eigenvalue weighted by Gasteiger charge is 2.50. The fraction of sp³-hybridized carbons (Fsp3) is 0.353. The first kappa shape index (κ1) is 16.9. The van der Waals surface area contributed by atoms with Gasteiger partial charge in [-0.2, -0.15) is 5.10 Å². The minimum atomic E-state index is -1.86. The van der Waals surface area contributed by atoms with Crippen LogP contribution in [0, 0.1) is 13.8 Å². The van der Waals surface area contributed by atoms with Gasteiger partial charge in [0.1, 0.15) is 0 Å². The summed E-state index contributed by atoms with van der Waals surface area (Å²) >= 11 is 3.37. The number of hydrogen-bond donors (Lipinski definition) is 2. The normalized spacial score (nSPS) is 19.7. The van der Waals surface area contributed by atoms with Gasteiger partial charge in [0, 0.05) is 22.3 Å². The molecule has 0 fully saturated rings. The van der Waals surface area contributed by atoms with Crippen LogP contribution in [0.2, 0.25) is 0 Å². The fourth-order valence-electron chi connectivity index (χ4n) is 3.29. The average molecular weight is 392 g/mol. The minimum absolute atomic E-state index is 0.307. The fourth-order valence-corrected chi connectivity index (χ4v) is 3.65. The van der Waals surface area contributed by atoms with Crippen LogP contribution in [0.5, 0.6) is 0 Å². The van der Waals surface area contributed by atoms with E-state index in [1.807, 2.05) is 13.0 Å². The van der Waals surface area contributed by atoms with Crippen LogP contribution in [0.1, 0.15) is 40.7 Å². The summed E-state index contributed by atoms with van der Waals surface area (Å²) in [5.41, 5.74) is 0.865. The highest BCUT2D eigenvalue weighted by molar-refractivity contribution is 9.10. The number of anilines is 1. The lowest BCUT2D eigenvalue weighted by molar-refractivity contribution is -0.135. The maximum atomic E-state index is 12.8. The third kappa shape index (κ3) is 2.39. The zero-order valence-corrected chi connectivity index (χ0v) is 15.3. The monoisotopic (exact) mass is 391 g/mol. The molecule has 0 saturated carbocycles. The van der Waals surface area contributed by atoms with Gasteiger partial charge in [-0.15, -0.1) is 0 Å². The maximum Gasteiger partial charge on any atom is 0.264 e. The molecule has 0 saturated heterocycles. The second kappa shape index (κ2) is 5.82. The SMILES string of the molecule is CCN1C(=O)[C@](O)(CC(=O)c2c(C)n[nH]c2C)c2cc(Br)ccc21. The Morgan fingerprint density at radius 1 is 1.42 bits per heavy atom. The molecule has 2 heterocycles. The number of carbonyl (C=O) groups is 2. The van der Waals surface area contributed by atoms with E-state index in [1.165, 1.54) is 4.90 Å². The van der Waals surface area contributed by atoms with Crippen molar-refractivity contribution in [3.05, 3.63) is 45.2 Å². The zero-order chi connectivity index (χ0) is 17.6. The van der Waals surface area contributed by atoms with Crippen LogP contribution in [0.15, 0.2) is 22.7 Å². The first-order valence-electron chi connectivity index (χ1n) is 7.68. The molecule has 24 heavy (non-hydrogen) atoms. The molecule has 1 aliphatic rings. The van der Waals surface area contributed by atoms with Gasteiger partial charge in [-0.3, -0.25) is 14.7 Å². The number of hydrogen-bond acceptors (Lipinski definition) is 4. The van der Waals surface area contributed by atoms with Crippen LogP contribution in [-0.4, -0.2) is 33.5 Å². The summed E-state index contributed by atoms with van der Waals surface area (Å²) in [6.07, 6.45) is -0.313. The molecule has 0 spiro atoms. The van der Waals surface area contributed by atoms with Crippen molar-refractivity contribution in [3.8, 4) is 0 Å². The number of halogens is 1. The summed E-state index contributed by atoms with van der Waals surface area (Å²) in [5, 5.41) is 17.9. The second-order valence-corrected chi connectivity index (χ2v) is 6.90. The molecule has 0 bridgehead atoms. The van der Waals surface area contributed by atoms with E-state index in [0.717, 1.165) is 4.47 Å². The molecule has 1 aromatic heterocycles. The van der Waals surface area contributed by atoms with Gasteiger partial charge in [0.05, 0.1) is 23.4 Å². The number of Topliss-reactive ketones (excluding diaryl/α,β-unsaturated/α-hetero) is 1. The number of H-pyrrole nitrogens is 1. The summed E-state index contributed by atoms with van der Waals surface area (Å²) in [4.78, 5) is 27.0. The number of carbonyl (C=O) groups excluding carboxylic acids is 2. The van der Waals surface area contributed by atoms with E-state index in [9.17, 15) is 14.7 Å². The Bertz CT molecular complexity index is 826. The van der Waals surface area contributed by atoms with Crippen molar-refractivity contribution >= 4 is 33.3 Å². The Kier molecular flexibility index (Phi) is 4.09. The molecule has 0 radical (unpaired) electrons. The Balaban J connectivity index is 2.05. The molecular formula is C17H18BrN3O3. The number of rotatable bonds is 4. The summed E-state index contributed by atoms with van der Waals surface area (Å²) in [7, 11) is 0. The number of fused-ring (bicyclic) bond motifs is 1. The van der Waals surface area contributed by atoms with Crippen LogP contribution in [0.4, 0.5) is 5.69 Å². The van der Waals surface area contributed by atoms with Crippen LogP contribution in [0.3, 0.4) is 0 Å². The highest BCUT2D eigenvalue weighted by Crippen LogP contribution is 2.44. The van der Waals surface area contributed by atoms with Crippen molar-refractivity contribution in [1.82, 2.24) is 10.2 Å². The first-order chi connectivity index (χ1) is 11.3. The second-order valence-electron chi connectivity index (χ2n) is 5.98. The van der Waals surface area contributed by atoms with Gasteiger partial charge in [0.25, 0.3) is 5.91 Å².